The van der Waals surface area contributed by atoms with E-state index < -0.39 is 6.09 Å². The number of nitrogens with one attached hydrogen (secondary N) is 1. The minimum absolute atomic E-state index is 0.0478. The third-order valence-electron chi connectivity index (χ3n) is 10.8. The van der Waals surface area contributed by atoms with Crippen LogP contribution < -0.4 is 5.32 Å². The van der Waals surface area contributed by atoms with Crippen LogP contribution in [0.3, 0.4) is 0 Å². The Morgan fingerprint density at radius 1 is 1.11 bits per heavy atom. The third kappa shape index (κ3) is 3.47. The highest BCUT2D eigenvalue weighted by Crippen LogP contribution is 2.70. The minimum atomic E-state index is -0.592. The standard InChI is InChI=1S/C31H40N2O3/c1-7-33-27(35)36-26-19(2)20-8-9-25-30(5,22(20)16-24(26)34)11-10-21-23-17-28(3,18-32)12-13-29(23,4)14-15-31(21,25)6/h8-9,16,21,23H,7,10-15,17H2,1-6H3,(H,33,35). The van der Waals surface area contributed by atoms with Gasteiger partial charge in [0.05, 0.1) is 11.5 Å². The summed E-state index contributed by atoms with van der Waals surface area (Å²) >= 11 is 0. The van der Waals surface area contributed by atoms with Crippen LogP contribution in [-0.4, -0.2) is 18.4 Å². The topological polar surface area (TPSA) is 79.2 Å². The van der Waals surface area contributed by atoms with Crippen LogP contribution in [0, 0.1) is 44.8 Å². The van der Waals surface area contributed by atoms with Gasteiger partial charge in [0.15, 0.2) is 5.76 Å². The number of ketones is 1. The number of nitriles is 1. The molecule has 5 heteroatoms. The first-order valence-corrected chi connectivity index (χ1v) is 13.7. The van der Waals surface area contributed by atoms with Gasteiger partial charge in [0.25, 0.3) is 0 Å². The van der Waals surface area contributed by atoms with E-state index in [4.69, 9.17) is 4.74 Å². The minimum Gasteiger partial charge on any atom is -0.406 e. The number of allylic oxidation sites excluding steroid dienone is 7. The molecule has 6 atom stereocenters. The first-order chi connectivity index (χ1) is 16.9. The van der Waals surface area contributed by atoms with Gasteiger partial charge in [0.1, 0.15) is 0 Å². The molecule has 5 rings (SSSR count). The highest BCUT2D eigenvalue weighted by Gasteiger charge is 2.61. The smallest absolute Gasteiger partial charge is 0.406 e. The first-order valence-electron chi connectivity index (χ1n) is 13.7. The quantitative estimate of drug-likeness (QED) is 0.457. The molecule has 0 aromatic carbocycles. The summed E-state index contributed by atoms with van der Waals surface area (Å²) in [5.74, 6) is 0.995. The lowest BCUT2D eigenvalue weighted by molar-refractivity contribution is -0.114. The number of hydrogen-bond acceptors (Lipinski definition) is 4. The van der Waals surface area contributed by atoms with Gasteiger partial charge in [-0.3, -0.25) is 4.79 Å². The zero-order valence-corrected chi connectivity index (χ0v) is 22.7. The lowest BCUT2D eigenvalue weighted by Crippen LogP contribution is -2.56. The maximum Gasteiger partial charge on any atom is 0.412 e. The van der Waals surface area contributed by atoms with Crippen molar-refractivity contribution in [1.29, 1.82) is 5.26 Å². The van der Waals surface area contributed by atoms with Crippen molar-refractivity contribution >= 4 is 11.9 Å². The number of hydrogen-bond donors (Lipinski definition) is 1. The summed E-state index contributed by atoms with van der Waals surface area (Å²) in [6.07, 6.45) is 13.2. The molecule has 192 valence electrons. The Hall–Kier alpha value is -2.61. The molecule has 0 heterocycles. The van der Waals surface area contributed by atoms with Crippen LogP contribution in [0.4, 0.5) is 4.79 Å². The lowest BCUT2D eigenvalue weighted by atomic mass is 9.40. The van der Waals surface area contributed by atoms with Crippen LogP contribution >= 0.6 is 0 Å². The SMILES string of the molecule is CCNC(=O)OC1=C(C)C2=CC=C3C(C)(CCC4C5CC(C)(C#N)CCC5(C)CCC34C)C2=CC1=O. The monoisotopic (exact) mass is 488 g/mol. The lowest BCUT2D eigenvalue weighted by Gasteiger charge is -2.64. The number of nitrogens with zero attached hydrogens (tertiary/aromatic N) is 1. The number of carbonyl (C=O) groups excluding carboxylic acids is 2. The van der Waals surface area contributed by atoms with Gasteiger partial charge in [0, 0.05) is 17.5 Å². The van der Waals surface area contributed by atoms with Gasteiger partial charge in [-0.05, 0) is 106 Å². The van der Waals surface area contributed by atoms with Gasteiger partial charge < -0.3 is 10.1 Å². The van der Waals surface area contributed by atoms with E-state index in [0.29, 0.717) is 23.8 Å². The van der Waals surface area contributed by atoms with Gasteiger partial charge in [-0.15, -0.1) is 0 Å². The highest BCUT2D eigenvalue weighted by molar-refractivity contribution is 6.08. The molecule has 0 spiro atoms. The summed E-state index contributed by atoms with van der Waals surface area (Å²) in [4.78, 5) is 25.3. The number of ether oxygens (including phenoxy) is 1. The van der Waals surface area contributed by atoms with Crippen LogP contribution in [-0.2, 0) is 9.53 Å². The Balaban J connectivity index is 1.54. The predicted octanol–water partition coefficient (Wildman–Crippen LogP) is 6.93. The van der Waals surface area contributed by atoms with Crippen LogP contribution in [0.5, 0.6) is 0 Å². The molecule has 6 unspecified atom stereocenters. The third-order valence-corrected chi connectivity index (χ3v) is 10.8. The Labute approximate surface area is 215 Å². The van der Waals surface area contributed by atoms with Gasteiger partial charge in [-0.1, -0.05) is 38.5 Å². The molecule has 0 aromatic rings. The van der Waals surface area contributed by atoms with Crippen molar-refractivity contribution in [1.82, 2.24) is 5.32 Å². The molecule has 36 heavy (non-hydrogen) atoms. The first kappa shape index (κ1) is 25.1. The molecule has 1 N–H and O–H groups in total. The predicted molar refractivity (Wildman–Crippen MR) is 139 cm³/mol. The Kier molecular flexibility index (Phi) is 5.71. The van der Waals surface area contributed by atoms with E-state index in [1.807, 2.05) is 13.8 Å². The summed E-state index contributed by atoms with van der Waals surface area (Å²) < 4.78 is 5.43. The number of alkyl carbamates (subject to hydrolysis) is 1. The maximum absolute atomic E-state index is 13.2. The van der Waals surface area contributed by atoms with Crippen LogP contribution in [0.1, 0.15) is 86.5 Å². The fraction of sp³-hybridized carbons (Fsp3) is 0.645. The van der Waals surface area contributed by atoms with Crippen molar-refractivity contribution < 1.29 is 14.3 Å². The van der Waals surface area contributed by atoms with E-state index in [9.17, 15) is 14.9 Å². The molecule has 5 nitrogen and oxygen atoms in total. The number of fused-ring (bicyclic) bond motifs is 7. The molecule has 3 saturated carbocycles. The van der Waals surface area contributed by atoms with Crippen molar-refractivity contribution in [2.75, 3.05) is 6.54 Å². The molecule has 0 saturated heterocycles. The largest absolute Gasteiger partial charge is 0.412 e. The molecule has 5 aliphatic rings. The van der Waals surface area contributed by atoms with Crippen molar-refractivity contribution in [2.24, 2.45) is 33.5 Å². The van der Waals surface area contributed by atoms with E-state index in [0.717, 1.165) is 55.2 Å². The van der Waals surface area contributed by atoms with E-state index in [2.05, 4.69) is 51.2 Å². The molecule has 5 aliphatic carbocycles. The second-order valence-electron chi connectivity index (χ2n) is 13.0. The van der Waals surface area contributed by atoms with Crippen LogP contribution in [0.25, 0.3) is 0 Å². The number of carbonyl (C=O) groups is 2. The summed E-state index contributed by atoms with van der Waals surface area (Å²) in [5, 5.41) is 12.6. The van der Waals surface area contributed by atoms with E-state index in [1.165, 1.54) is 12.0 Å². The maximum atomic E-state index is 13.2. The molecule has 1 amide bonds. The Morgan fingerprint density at radius 3 is 2.53 bits per heavy atom. The zero-order valence-electron chi connectivity index (χ0n) is 22.7. The normalized spacial score (nSPS) is 41.4. The highest BCUT2D eigenvalue weighted by atomic mass is 16.6. The van der Waals surface area contributed by atoms with E-state index in [-0.39, 0.29) is 27.8 Å². The van der Waals surface area contributed by atoms with Crippen LogP contribution in [0.2, 0.25) is 0 Å². The van der Waals surface area contributed by atoms with Gasteiger partial charge in [-0.2, -0.15) is 5.26 Å². The zero-order chi connectivity index (χ0) is 26.1. The summed E-state index contributed by atoms with van der Waals surface area (Å²) in [5.41, 5.74) is 4.19. The van der Waals surface area contributed by atoms with E-state index >= 15 is 0 Å². The molecule has 0 radical (unpaired) electrons. The summed E-state index contributed by atoms with van der Waals surface area (Å²) in [6, 6.07) is 2.66. The molecule has 0 bridgehead atoms. The molecular formula is C31H40N2O3. The van der Waals surface area contributed by atoms with Crippen molar-refractivity contribution in [3.8, 4) is 6.07 Å². The van der Waals surface area contributed by atoms with Crippen molar-refractivity contribution in [3.05, 3.63) is 46.3 Å². The number of amides is 1. The second-order valence-corrected chi connectivity index (χ2v) is 13.0. The van der Waals surface area contributed by atoms with E-state index in [1.54, 1.807) is 6.08 Å². The summed E-state index contributed by atoms with van der Waals surface area (Å²) in [7, 11) is 0. The Bertz CT molecular complexity index is 1200. The van der Waals surface area contributed by atoms with Crippen molar-refractivity contribution in [3.63, 3.8) is 0 Å². The fourth-order valence-corrected chi connectivity index (χ4v) is 8.53. The average Bonchev–Trinajstić information content (AvgIpc) is 2.83. The summed E-state index contributed by atoms with van der Waals surface area (Å²) in [6.45, 7) is 13.5. The molecule has 3 fully saturated rings. The number of rotatable bonds is 2. The van der Waals surface area contributed by atoms with Crippen molar-refractivity contribution in [2.45, 2.75) is 86.5 Å². The Morgan fingerprint density at radius 2 is 1.83 bits per heavy atom. The average molecular weight is 489 g/mol. The second kappa shape index (κ2) is 8.20. The molecule has 0 aliphatic heterocycles. The fourth-order valence-electron chi connectivity index (χ4n) is 8.53. The molecule has 0 aromatic heterocycles. The van der Waals surface area contributed by atoms with Gasteiger partial charge in [0.2, 0.25) is 5.78 Å². The van der Waals surface area contributed by atoms with Crippen LogP contribution in [0.15, 0.2) is 46.3 Å². The molecular weight excluding hydrogens is 448 g/mol. The van der Waals surface area contributed by atoms with Gasteiger partial charge >= 0.3 is 6.09 Å². The van der Waals surface area contributed by atoms with Gasteiger partial charge in [-0.25, -0.2) is 4.79 Å².